The van der Waals surface area contributed by atoms with Crippen molar-refractivity contribution in [1.82, 2.24) is 9.88 Å². The molecule has 7 rings (SSSR count). The molecule has 0 amide bonds. The molecule has 1 N–H and O–H groups in total. The van der Waals surface area contributed by atoms with Gasteiger partial charge in [0.15, 0.2) is 0 Å². The van der Waals surface area contributed by atoms with Crippen molar-refractivity contribution in [3.8, 4) is 0 Å². The second kappa shape index (κ2) is 7.26. The lowest BCUT2D eigenvalue weighted by Gasteiger charge is -2.65. The van der Waals surface area contributed by atoms with Crippen molar-refractivity contribution >= 4 is 34.1 Å². The Hall–Kier alpha value is -1.48. The van der Waals surface area contributed by atoms with Crippen molar-refractivity contribution in [3.05, 3.63) is 69.8 Å². The first kappa shape index (κ1) is 21.1. The summed E-state index contributed by atoms with van der Waals surface area (Å²) in [5.74, 6) is 0.905. The van der Waals surface area contributed by atoms with E-state index >= 15 is 0 Å². The minimum Gasteiger partial charge on any atom is -0.343 e. The van der Waals surface area contributed by atoms with Crippen LogP contribution < -0.4 is 5.32 Å². The molecule has 1 aromatic heterocycles. The van der Waals surface area contributed by atoms with E-state index in [0.717, 1.165) is 29.6 Å². The predicted molar refractivity (Wildman–Crippen MR) is 134 cm³/mol. The summed E-state index contributed by atoms with van der Waals surface area (Å²) < 4.78 is 2.34. The third kappa shape index (κ3) is 3.59. The van der Waals surface area contributed by atoms with Crippen LogP contribution in [-0.2, 0) is 13.1 Å². The molecule has 4 bridgehead atoms. The first-order chi connectivity index (χ1) is 15.2. The van der Waals surface area contributed by atoms with Crippen LogP contribution >= 0.6 is 23.2 Å². The van der Waals surface area contributed by atoms with E-state index in [1.807, 2.05) is 18.2 Å². The highest BCUT2D eigenvalue weighted by Crippen LogP contribution is 2.66. The zero-order valence-electron chi connectivity index (χ0n) is 19.1. The summed E-state index contributed by atoms with van der Waals surface area (Å²) in [6.07, 6.45) is 10.7. The Kier molecular flexibility index (Phi) is 4.78. The van der Waals surface area contributed by atoms with Gasteiger partial charge in [-0.15, -0.1) is 0 Å². The molecule has 2 nitrogen and oxygen atoms in total. The first-order valence-corrected chi connectivity index (χ1v) is 12.8. The molecule has 168 valence electrons. The number of benzene rings is 2. The van der Waals surface area contributed by atoms with Gasteiger partial charge in [-0.05, 0) is 84.6 Å². The van der Waals surface area contributed by atoms with Crippen LogP contribution in [0, 0.1) is 16.7 Å². The van der Waals surface area contributed by atoms with Gasteiger partial charge in [-0.2, -0.15) is 0 Å². The van der Waals surface area contributed by atoms with Crippen molar-refractivity contribution in [1.29, 1.82) is 0 Å². The molecule has 2 unspecified atom stereocenters. The van der Waals surface area contributed by atoms with Gasteiger partial charge in [0, 0.05) is 45.8 Å². The Morgan fingerprint density at radius 1 is 0.938 bits per heavy atom. The maximum Gasteiger partial charge on any atom is 0.0491 e. The summed E-state index contributed by atoms with van der Waals surface area (Å²) >= 11 is 12.6. The summed E-state index contributed by atoms with van der Waals surface area (Å²) in [6, 6.07) is 14.5. The number of para-hydroxylation sites is 1. The second-order valence-electron chi connectivity index (χ2n) is 11.8. The smallest absolute Gasteiger partial charge is 0.0491 e. The second-order valence-corrected chi connectivity index (χ2v) is 12.6. The lowest BCUT2D eigenvalue weighted by atomic mass is 9.43. The van der Waals surface area contributed by atoms with Gasteiger partial charge < -0.3 is 9.88 Å². The van der Waals surface area contributed by atoms with Gasteiger partial charge in [0.05, 0.1) is 0 Å². The van der Waals surface area contributed by atoms with Crippen molar-refractivity contribution in [2.75, 3.05) is 0 Å². The quantitative estimate of drug-likeness (QED) is 0.405. The third-order valence-corrected chi connectivity index (χ3v) is 9.09. The van der Waals surface area contributed by atoms with E-state index in [0.29, 0.717) is 21.4 Å². The predicted octanol–water partition coefficient (Wildman–Crippen LogP) is 7.84. The van der Waals surface area contributed by atoms with E-state index in [4.69, 9.17) is 23.2 Å². The molecule has 0 spiro atoms. The molecule has 2 aromatic carbocycles. The zero-order valence-corrected chi connectivity index (χ0v) is 20.6. The van der Waals surface area contributed by atoms with E-state index in [1.165, 1.54) is 55.0 Å². The molecule has 0 saturated heterocycles. The molecule has 2 atom stereocenters. The fourth-order valence-electron chi connectivity index (χ4n) is 8.36. The van der Waals surface area contributed by atoms with Gasteiger partial charge in [-0.1, -0.05) is 61.3 Å². The van der Waals surface area contributed by atoms with E-state index in [-0.39, 0.29) is 0 Å². The van der Waals surface area contributed by atoms with Crippen LogP contribution in [0.15, 0.2) is 48.7 Å². The van der Waals surface area contributed by atoms with Gasteiger partial charge in [0.2, 0.25) is 0 Å². The Morgan fingerprint density at radius 2 is 1.69 bits per heavy atom. The molecule has 4 fully saturated rings. The van der Waals surface area contributed by atoms with Gasteiger partial charge in [-0.3, -0.25) is 0 Å². The van der Waals surface area contributed by atoms with Crippen LogP contribution in [0.2, 0.25) is 10.0 Å². The van der Waals surface area contributed by atoms with Crippen LogP contribution in [0.1, 0.15) is 63.5 Å². The van der Waals surface area contributed by atoms with E-state index in [1.54, 1.807) is 0 Å². The molecule has 4 saturated carbocycles. The largest absolute Gasteiger partial charge is 0.343 e. The SMILES string of the molecule is CC12CC3CC(C)(C1)CC(NCc1cn(Cc4ccc(Cl)cc4Cl)c4ccccc14)(C3)C2. The Morgan fingerprint density at radius 3 is 2.41 bits per heavy atom. The normalized spacial score (nSPS) is 33.3. The summed E-state index contributed by atoms with van der Waals surface area (Å²) in [4.78, 5) is 0. The first-order valence-electron chi connectivity index (χ1n) is 12.0. The topological polar surface area (TPSA) is 17.0 Å². The number of halogens is 2. The number of hydrogen-bond donors (Lipinski definition) is 1. The van der Waals surface area contributed by atoms with Crippen molar-refractivity contribution in [3.63, 3.8) is 0 Å². The molecule has 4 aliphatic carbocycles. The molecular weight excluding hydrogens is 435 g/mol. The number of hydrogen-bond acceptors (Lipinski definition) is 1. The Bertz CT molecular complexity index is 1180. The minimum atomic E-state index is 0.311. The van der Waals surface area contributed by atoms with Gasteiger partial charge in [0.25, 0.3) is 0 Å². The standard InChI is InChI=1S/C28H32Cl2N2/c1-26-10-19-11-27(2,16-26)18-28(12-19,17-26)31-13-21-15-32(25-6-4-3-5-23(21)25)14-20-7-8-22(29)9-24(20)30/h3-9,15,19,31H,10-14,16-18H2,1-2H3. The van der Waals surface area contributed by atoms with Gasteiger partial charge in [0.1, 0.15) is 0 Å². The van der Waals surface area contributed by atoms with Gasteiger partial charge in [-0.25, -0.2) is 0 Å². The number of rotatable bonds is 5. The average molecular weight is 467 g/mol. The fourth-order valence-corrected chi connectivity index (χ4v) is 8.82. The summed E-state index contributed by atoms with van der Waals surface area (Å²) in [5.41, 5.74) is 5.11. The number of nitrogens with zero attached hydrogens (tertiary/aromatic N) is 1. The molecule has 3 aromatic rings. The van der Waals surface area contributed by atoms with Crippen LogP contribution in [-0.4, -0.2) is 10.1 Å². The van der Waals surface area contributed by atoms with E-state index in [2.05, 4.69) is 54.2 Å². The van der Waals surface area contributed by atoms with Crippen LogP contribution in [0.5, 0.6) is 0 Å². The fraction of sp³-hybridized carbons (Fsp3) is 0.500. The maximum absolute atomic E-state index is 6.49. The van der Waals surface area contributed by atoms with Gasteiger partial charge >= 0.3 is 0 Å². The third-order valence-electron chi connectivity index (χ3n) is 8.51. The summed E-state index contributed by atoms with van der Waals surface area (Å²) in [5, 5.41) is 6.87. The number of fused-ring (bicyclic) bond motifs is 1. The lowest BCUT2D eigenvalue weighted by Crippen LogP contribution is -2.63. The Labute approximate surface area is 201 Å². The van der Waals surface area contributed by atoms with Crippen molar-refractivity contribution < 1.29 is 0 Å². The average Bonchev–Trinajstić information content (AvgIpc) is 3.04. The number of aromatic nitrogens is 1. The van der Waals surface area contributed by atoms with Crippen molar-refractivity contribution in [2.45, 2.75) is 71.0 Å². The van der Waals surface area contributed by atoms with Crippen LogP contribution in [0.4, 0.5) is 0 Å². The molecule has 0 radical (unpaired) electrons. The van der Waals surface area contributed by atoms with E-state index < -0.39 is 0 Å². The monoisotopic (exact) mass is 466 g/mol. The molecule has 4 heteroatoms. The highest BCUT2D eigenvalue weighted by atomic mass is 35.5. The highest BCUT2D eigenvalue weighted by molar-refractivity contribution is 6.35. The molecule has 0 aliphatic heterocycles. The van der Waals surface area contributed by atoms with Crippen LogP contribution in [0.3, 0.4) is 0 Å². The van der Waals surface area contributed by atoms with Crippen molar-refractivity contribution in [2.24, 2.45) is 16.7 Å². The maximum atomic E-state index is 6.49. The summed E-state index contributed by atoms with van der Waals surface area (Å²) in [6.45, 7) is 6.78. The van der Waals surface area contributed by atoms with E-state index in [9.17, 15) is 0 Å². The zero-order chi connectivity index (χ0) is 22.1. The molecule has 4 aliphatic rings. The molecule has 32 heavy (non-hydrogen) atoms. The molecule has 1 heterocycles. The summed E-state index contributed by atoms with van der Waals surface area (Å²) in [7, 11) is 0. The van der Waals surface area contributed by atoms with Crippen LogP contribution in [0.25, 0.3) is 10.9 Å². The minimum absolute atomic E-state index is 0.311. The Balaban J connectivity index is 1.29. The lowest BCUT2D eigenvalue weighted by molar-refractivity contribution is -0.118. The highest BCUT2D eigenvalue weighted by Gasteiger charge is 2.59. The number of nitrogens with one attached hydrogen (secondary N) is 1. The molecular formula is C28H32Cl2N2.